The minimum Gasteiger partial charge on any atom is -0.496 e. The van der Waals surface area contributed by atoms with Crippen LogP contribution in [0.25, 0.3) is 0 Å². The Labute approximate surface area is 130 Å². The van der Waals surface area contributed by atoms with Gasteiger partial charge in [0.25, 0.3) is 0 Å². The molecule has 20 heavy (non-hydrogen) atoms. The number of ether oxygens (including phenoxy) is 1. The molecule has 0 bridgehead atoms. The van der Waals surface area contributed by atoms with Crippen LogP contribution in [0.1, 0.15) is 17.2 Å². The van der Waals surface area contributed by atoms with Crippen molar-refractivity contribution in [2.75, 3.05) is 7.11 Å². The summed E-state index contributed by atoms with van der Waals surface area (Å²) >= 11 is 9.19. The van der Waals surface area contributed by atoms with Gasteiger partial charge in [-0.1, -0.05) is 27.5 Å². The zero-order valence-electron chi connectivity index (χ0n) is 10.7. The fourth-order valence-corrected chi connectivity index (χ4v) is 2.56. The van der Waals surface area contributed by atoms with Crippen LogP contribution in [0.15, 0.2) is 40.9 Å². The zero-order chi connectivity index (χ0) is 14.7. The van der Waals surface area contributed by atoms with Gasteiger partial charge in [0.05, 0.1) is 13.2 Å². The minimum absolute atomic E-state index is 0.124. The molecule has 0 heterocycles. The van der Waals surface area contributed by atoms with Crippen molar-refractivity contribution >= 4 is 27.5 Å². The van der Waals surface area contributed by atoms with E-state index in [0.29, 0.717) is 21.9 Å². The first-order valence-electron chi connectivity index (χ1n) is 5.96. The highest BCUT2D eigenvalue weighted by molar-refractivity contribution is 9.10. The molecule has 0 radical (unpaired) electrons. The third kappa shape index (κ3) is 3.51. The highest BCUT2D eigenvalue weighted by Crippen LogP contribution is 2.31. The van der Waals surface area contributed by atoms with Crippen LogP contribution in [0.3, 0.4) is 0 Å². The molecule has 1 N–H and O–H groups in total. The molecule has 1 unspecified atom stereocenters. The number of aliphatic hydroxyl groups excluding tert-OH is 1. The van der Waals surface area contributed by atoms with Crippen molar-refractivity contribution in [2.24, 2.45) is 0 Å². The summed E-state index contributed by atoms with van der Waals surface area (Å²) in [5, 5.41) is 10.8. The summed E-state index contributed by atoms with van der Waals surface area (Å²) < 4.78 is 19.7. The summed E-state index contributed by atoms with van der Waals surface area (Å²) in [5.74, 6) is 0.172. The van der Waals surface area contributed by atoms with Crippen LogP contribution in [0.2, 0.25) is 5.02 Å². The number of hydrogen-bond donors (Lipinski definition) is 1. The van der Waals surface area contributed by atoms with Crippen molar-refractivity contribution in [1.29, 1.82) is 0 Å². The normalized spacial score (nSPS) is 12.2. The summed E-state index contributed by atoms with van der Waals surface area (Å²) in [4.78, 5) is 0. The second-order valence-corrected chi connectivity index (χ2v) is 5.69. The zero-order valence-corrected chi connectivity index (χ0v) is 13.1. The van der Waals surface area contributed by atoms with Crippen LogP contribution in [0.4, 0.5) is 4.39 Å². The molecule has 0 aliphatic heterocycles. The van der Waals surface area contributed by atoms with Crippen molar-refractivity contribution in [3.63, 3.8) is 0 Å². The van der Waals surface area contributed by atoms with E-state index in [9.17, 15) is 9.50 Å². The molecule has 0 fully saturated rings. The maximum atomic E-state index is 13.7. The van der Waals surface area contributed by atoms with Gasteiger partial charge >= 0.3 is 0 Å². The first-order chi connectivity index (χ1) is 9.51. The average Bonchev–Trinajstić information content (AvgIpc) is 2.42. The standard InChI is InChI=1S/C15H13BrClFO2/c1-20-15-5-2-10(16)8-12(15)14(19)7-9-6-11(17)3-4-13(9)18/h2-6,8,14,19H,7H2,1H3. The quantitative estimate of drug-likeness (QED) is 0.869. The molecular weight excluding hydrogens is 347 g/mol. The maximum absolute atomic E-state index is 13.7. The smallest absolute Gasteiger partial charge is 0.126 e. The first-order valence-corrected chi connectivity index (χ1v) is 7.14. The van der Waals surface area contributed by atoms with Gasteiger partial charge in [-0.3, -0.25) is 0 Å². The van der Waals surface area contributed by atoms with E-state index in [2.05, 4.69) is 15.9 Å². The lowest BCUT2D eigenvalue weighted by molar-refractivity contribution is 0.172. The lowest BCUT2D eigenvalue weighted by Crippen LogP contribution is -2.05. The van der Waals surface area contributed by atoms with Crippen LogP contribution < -0.4 is 4.74 Å². The van der Waals surface area contributed by atoms with E-state index in [0.717, 1.165) is 4.47 Å². The number of hydrogen-bond acceptors (Lipinski definition) is 2. The Balaban J connectivity index is 2.30. The molecule has 0 saturated carbocycles. The van der Waals surface area contributed by atoms with Crippen molar-refractivity contribution in [3.8, 4) is 5.75 Å². The Bertz CT molecular complexity index is 619. The molecule has 2 aromatic rings. The van der Waals surface area contributed by atoms with Crippen molar-refractivity contribution in [3.05, 3.63) is 62.8 Å². The van der Waals surface area contributed by atoms with Gasteiger partial charge in [0.1, 0.15) is 11.6 Å². The third-order valence-corrected chi connectivity index (χ3v) is 3.70. The van der Waals surface area contributed by atoms with Gasteiger partial charge in [0, 0.05) is 21.5 Å². The molecule has 0 amide bonds. The van der Waals surface area contributed by atoms with Gasteiger partial charge in [-0.2, -0.15) is 0 Å². The minimum atomic E-state index is -0.879. The predicted molar refractivity (Wildman–Crippen MR) is 80.8 cm³/mol. The van der Waals surface area contributed by atoms with E-state index >= 15 is 0 Å². The summed E-state index contributed by atoms with van der Waals surface area (Å²) in [6, 6.07) is 9.61. The molecule has 1 atom stereocenters. The van der Waals surface area contributed by atoms with Crippen LogP contribution in [-0.4, -0.2) is 12.2 Å². The van der Waals surface area contributed by atoms with Crippen molar-refractivity contribution in [2.45, 2.75) is 12.5 Å². The molecule has 0 aromatic heterocycles. The first kappa shape index (κ1) is 15.3. The SMILES string of the molecule is COc1ccc(Br)cc1C(O)Cc1cc(Cl)ccc1F. The summed E-state index contributed by atoms with van der Waals surface area (Å²) in [7, 11) is 1.53. The highest BCUT2D eigenvalue weighted by atomic mass is 79.9. The Morgan fingerprint density at radius 2 is 2.05 bits per heavy atom. The van der Waals surface area contributed by atoms with Gasteiger partial charge in [0.15, 0.2) is 0 Å². The summed E-state index contributed by atoms with van der Waals surface area (Å²) in [6.45, 7) is 0. The molecular formula is C15H13BrClFO2. The van der Waals surface area contributed by atoms with Crippen molar-refractivity contribution < 1.29 is 14.2 Å². The molecule has 5 heteroatoms. The lowest BCUT2D eigenvalue weighted by atomic mass is 10.0. The molecule has 2 nitrogen and oxygen atoms in total. The average molecular weight is 360 g/mol. The van der Waals surface area contributed by atoms with Crippen LogP contribution in [0, 0.1) is 5.82 Å². The van der Waals surface area contributed by atoms with Gasteiger partial charge in [-0.15, -0.1) is 0 Å². The van der Waals surface area contributed by atoms with Crippen LogP contribution in [-0.2, 0) is 6.42 Å². The van der Waals surface area contributed by atoms with E-state index in [1.165, 1.54) is 25.3 Å². The molecule has 0 saturated heterocycles. The number of methoxy groups -OCH3 is 1. The summed E-state index contributed by atoms with van der Waals surface area (Å²) in [6.07, 6.45) is -0.755. The van der Waals surface area contributed by atoms with Gasteiger partial charge in [-0.25, -0.2) is 4.39 Å². The lowest BCUT2D eigenvalue weighted by Gasteiger charge is -2.16. The molecule has 0 aliphatic carbocycles. The number of aliphatic hydroxyl groups is 1. The van der Waals surface area contributed by atoms with E-state index in [4.69, 9.17) is 16.3 Å². The summed E-state index contributed by atoms with van der Waals surface area (Å²) in [5.41, 5.74) is 0.966. The van der Waals surface area contributed by atoms with Crippen molar-refractivity contribution in [1.82, 2.24) is 0 Å². The monoisotopic (exact) mass is 358 g/mol. The van der Waals surface area contributed by atoms with E-state index in [-0.39, 0.29) is 12.2 Å². The van der Waals surface area contributed by atoms with Crippen LogP contribution >= 0.6 is 27.5 Å². The van der Waals surface area contributed by atoms with E-state index in [1.54, 1.807) is 12.1 Å². The fourth-order valence-electron chi connectivity index (χ4n) is 1.98. The maximum Gasteiger partial charge on any atom is 0.126 e. The second-order valence-electron chi connectivity index (χ2n) is 4.34. The van der Waals surface area contributed by atoms with Gasteiger partial charge in [0.2, 0.25) is 0 Å². The van der Waals surface area contributed by atoms with Gasteiger partial charge < -0.3 is 9.84 Å². The molecule has 2 aromatic carbocycles. The largest absolute Gasteiger partial charge is 0.496 e. The number of benzene rings is 2. The third-order valence-electron chi connectivity index (χ3n) is 2.97. The Morgan fingerprint density at radius 3 is 2.75 bits per heavy atom. The number of rotatable bonds is 4. The molecule has 0 spiro atoms. The highest BCUT2D eigenvalue weighted by Gasteiger charge is 2.16. The molecule has 106 valence electrons. The molecule has 2 rings (SSSR count). The Morgan fingerprint density at radius 1 is 1.30 bits per heavy atom. The van der Waals surface area contributed by atoms with Gasteiger partial charge in [-0.05, 0) is 42.0 Å². The second kappa shape index (κ2) is 6.57. The predicted octanol–water partition coefficient (Wildman–Crippen LogP) is 4.53. The topological polar surface area (TPSA) is 29.5 Å². The van der Waals surface area contributed by atoms with E-state index < -0.39 is 6.10 Å². The van der Waals surface area contributed by atoms with Crippen LogP contribution in [0.5, 0.6) is 5.75 Å². The number of halogens is 3. The fraction of sp³-hybridized carbons (Fsp3) is 0.200. The molecule has 0 aliphatic rings. The van der Waals surface area contributed by atoms with E-state index in [1.807, 2.05) is 6.07 Å². The Kier molecular flexibility index (Phi) is 5.02. The Hall–Kier alpha value is -1.10.